The summed E-state index contributed by atoms with van der Waals surface area (Å²) in [6.45, 7) is 2.97. The van der Waals surface area contributed by atoms with Gasteiger partial charge < -0.3 is 9.47 Å². The molecule has 0 saturated heterocycles. The van der Waals surface area contributed by atoms with E-state index >= 15 is 0 Å². The van der Waals surface area contributed by atoms with Crippen molar-refractivity contribution in [2.75, 3.05) is 6.61 Å². The molecule has 2 aliphatic rings. The molecule has 0 fully saturated rings. The highest BCUT2D eigenvalue weighted by molar-refractivity contribution is 9.11. The van der Waals surface area contributed by atoms with Crippen molar-refractivity contribution in [3.63, 3.8) is 0 Å². The van der Waals surface area contributed by atoms with Crippen molar-refractivity contribution in [3.05, 3.63) is 91.3 Å². The highest BCUT2D eigenvalue weighted by Gasteiger charge is 2.42. The molecule has 0 unspecified atom stereocenters. The number of hydrogen-bond donors (Lipinski definition) is 0. The van der Waals surface area contributed by atoms with Gasteiger partial charge in [-0.15, -0.1) is 0 Å². The van der Waals surface area contributed by atoms with Gasteiger partial charge in [-0.3, -0.25) is 0 Å². The Bertz CT molecular complexity index is 1210. The van der Waals surface area contributed by atoms with Gasteiger partial charge in [0, 0.05) is 27.0 Å². The predicted octanol–water partition coefficient (Wildman–Crippen LogP) is 9.07. The molecule has 0 saturated carbocycles. The van der Waals surface area contributed by atoms with Crippen molar-refractivity contribution in [1.82, 2.24) is 5.01 Å². The Morgan fingerprint density at radius 1 is 1.03 bits per heavy atom. The maximum absolute atomic E-state index is 6.58. The van der Waals surface area contributed by atoms with Gasteiger partial charge in [-0.2, -0.15) is 5.10 Å². The van der Waals surface area contributed by atoms with Crippen LogP contribution in [0.1, 0.15) is 68.0 Å². The van der Waals surface area contributed by atoms with E-state index in [9.17, 15) is 0 Å². The lowest BCUT2D eigenvalue weighted by molar-refractivity contribution is -0.0197. The van der Waals surface area contributed by atoms with Crippen LogP contribution in [0.2, 0.25) is 5.02 Å². The third-order valence-corrected chi connectivity index (χ3v) is 7.72. The zero-order valence-electron chi connectivity index (χ0n) is 19.5. The second-order valence-electron chi connectivity index (χ2n) is 8.91. The van der Waals surface area contributed by atoms with Crippen LogP contribution in [0.15, 0.2) is 74.7 Å². The van der Waals surface area contributed by atoms with E-state index in [0.717, 1.165) is 67.3 Å². The van der Waals surface area contributed by atoms with Crippen molar-refractivity contribution >= 4 is 49.2 Å². The Balaban J connectivity index is 1.43. The normalized spacial score (nSPS) is 18.5. The smallest absolute Gasteiger partial charge is 0.213 e. The monoisotopic (exact) mass is 616 g/mol. The molecule has 2 aliphatic heterocycles. The second kappa shape index (κ2) is 10.9. The Hall–Kier alpha value is -2.02. The van der Waals surface area contributed by atoms with Gasteiger partial charge in [0.1, 0.15) is 11.5 Å². The number of hydrogen-bond acceptors (Lipinski definition) is 4. The first kappa shape index (κ1) is 24.7. The quantitative estimate of drug-likeness (QED) is 0.236. The van der Waals surface area contributed by atoms with Crippen LogP contribution in [0.4, 0.5) is 0 Å². The zero-order chi connectivity index (χ0) is 24.4. The Labute approximate surface area is 228 Å². The Morgan fingerprint density at radius 3 is 2.54 bits per heavy atom. The number of nitrogens with zero attached hydrogens (tertiary/aromatic N) is 2. The SMILES string of the molecule is CCCCCCOc1ccc([C@@H]2Oc3c(Br)cc(Br)cc3[C@H]3CC(c4ccc(Cl)cc4)=NN32)cc1. The molecule has 0 spiro atoms. The molecule has 0 bridgehead atoms. The van der Waals surface area contributed by atoms with Crippen LogP contribution in [0.25, 0.3) is 0 Å². The Kier molecular flexibility index (Phi) is 7.71. The van der Waals surface area contributed by atoms with Crippen molar-refractivity contribution in [2.24, 2.45) is 5.10 Å². The summed E-state index contributed by atoms with van der Waals surface area (Å²) in [6, 6.07) is 20.3. The van der Waals surface area contributed by atoms with Gasteiger partial charge in [0.05, 0.1) is 22.8 Å². The summed E-state index contributed by atoms with van der Waals surface area (Å²) >= 11 is 13.5. The third-order valence-electron chi connectivity index (χ3n) is 6.42. The first-order chi connectivity index (χ1) is 17.0. The molecule has 4 nitrogen and oxygen atoms in total. The average Bonchev–Trinajstić information content (AvgIpc) is 3.30. The second-order valence-corrected chi connectivity index (χ2v) is 11.1. The third kappa shape index (κ3) is 5.40. The maximum atomic E-state index is 6.58. The first-order valence-electron chi connectivity index (χ1n) is 12.0. The molecule has 5 rings (SSSR count). The van der Waals surface area contributed by atoms with Gasteiger partial charge >= 0.3 is 0 Å². The topological polar surface area (TPSA) is 34.1 Å². The number of hydrazone groups is 1. The summed E-state index contributed by atoms with van der Waals surface area (Å²) in [4.78, 5) is 0. The van der Waals surface area contributed by atoms with Crippen LogP contribution in [0.3, 0.4) is 0 Å². The van der Waals surface area contributed by atoms with E-state index in [1.54, 1.807) is 0 Å². The summed E-state index contributed by atoms with van der Waals surface area (Å²) in [5.41, 5.74) is 4.25. The van der Waals surface area contributed by atoms with E-state index in [-0.39, 0.29) is 12.3 Å². The number of rotatable bonds is 8. The van der Waals surface area contributed by atoms with Gasteiger partial charge in [0.25, 0.3) is 0 Å². The molecular formula is C28H27Br2ClN2O2. The van der Waals surface area contributed by atoms with Gasteiger partial charge in [-0.05, 0) is 76.4 Å². The summed E-state index contributed by atoms with van der Waals surface area (Å²) in [5.74, 6) is 1.75. The van der Waals surface area contributed by atoms with Crippen LogP contribution in [0, 0.1) is 0 Å². The molecule has 3 aromatic carbocycles. The molecule has 2 atom stereocenters. The van der Waals surface area contributed by atoms with E-state index in [1.165, 1.54) is 19.3 Å². The predicted molar refractivity (Wildman–Crippen MR) is 148 cm³/mol. The minimum absolute atomic E-state index is 0.0673. The highest BCUT2D eigenvalue weighted by atomic mass is 79.9. The number of benzene rings is 3. The van der Waals surface area contributed by atoms with E-state index in [1.807, 2.05) is 42.5 Å². The molecule has 182 valence electrons. The summed E-state index contributed by atoms with van der Waals surface area (Å²) in [6.07, 6.45) is 5.22. The fourth-order valence-electron chi connectivity index (χ4n) is 4.60. The molecule has 0 aromatic heterocycles. The maximum Gasteiger partial charge on any atom is 0.213 e. The molecule has 0 amide bonds. The van der Waals surface area contributed by atoms with Gasteiger partial charge in [-0.25, -0.2) is 5.01 Å². The molecule has 0 N–H and O–H groups in total. The zero-order valence-corrected chi connectivity index (χ0v) is 23.4. The van der Waals surface area contributed by atoms with Gasteiger partial charge in [0.15, 0.2) is 0 Å². The van der Waals surface area contributed by atoms with Crippen LogP contribution in [-0.4, -0.2) is 17.3 Å². The van der Waals surface area contributed by atoms with E-state index in [4.69, 9.17) is 26.2 Å². The van der Waals surface area contributed by atoms with Crippen LogP contribution >= 0.6 is 43.5 Å². The van der Waals surface area contributed by atoms with Crippen LogP contribution in [0.5, 0.6) is 11.5 Å². The van der Waals surface area contributed by atoms with Crippen LogP contribution in [-0.2, 0) is 0 Å². The summed E-state index contributed by atoms with van der Waals surface area (Å²) in [7, 11) is 0. The lowest BCUT2D eigenvalue weighted by Crippen LogP contribution is -2.33. The molecular weight excluding hydrogens is 592 g/mol. The van der Waals surface area contributed by atoms with Crippen molar-refractivity contribution in [1.29, 1.82) is 0 Å². The average molecular weight is 619 g/mol. The van der Waals surface area contributed by atoms with E-state index in [2.05, 4.69) is 62.0 Å². The fraction of sp³-hybridized carbons (Fsp3) is 0.321. The molecule has 7 heteroatoms. The molecule has 0 radical (unpaired) electrons. The fourth-order valence-corrected chi connectivity index (χ4v) is 6.08. The molecule has 35 heavy (non-hydrogen) atoms. The van der Waals surface area contributed by atoms with Crippen LogP contribution < -0.4 is 9.47 Å². The van der Waals surface area contributed by atoms with Gasteiger partial charge in [0.2, 0.25) is 6.23 Å². The number of halogens is 3. The van der Waals surface area contributed by atoms with Crippen molar-refractivity contribution < 1.29 is 9.47 Å². The summed E-state index contributed by atoms with van der Waals surface area (Å²) in [5, 5.41) is 7.86. The van der Waals surface area contributed by atoms with E-state index in [0.29, 0.717) is 0 Å². The Morgan fingerprint density at radius 2 is 1.80 bits per heavy atom. The number of fused-ring (bicyclic) bond motifs is 3. The first-order valence-corrected chi connectivity index (χ1v) is 14.0. The minimum Gasteiger partial charge on any atom is -0.494 e. The minimum atomic E-state index is -0.339. The number of unbranched alkanes of at least 4 members (excludes halogenated alkanes) is 3. The van der Waals surface area contributed by atoms with Gasteiger partial charge in [-0.1, -0.05) is 65.8 Å². The molecule has 3 aromatic rings. The number of ether oxygens (including phenoxy) is 2. The molecule has 0 aliphatic carbocycles. The molecule has 2 heterocycles. The lowest BCUT2D eigenvalue weighted by atomic mass is 9.96. The van der Waals surface area contributed by atoms with Crippen molar-refractivity contribution in [2.45, 2.75) is 51.3 Å². The highest BCUT2D eigenvalue weighted by Crippen LogP contribution is 2.51. The van der Waals surface area contributed by atoms with E-state index < -0.39 is 0 Å². The standard InChI is InChI=1S/C28H27Br2ClN2O2/c1-2-3-4-5-14-34-22-12-8-19(9-13-22)28-33-26(23-15-20(29)16-24(30)27(23)35-28)17-25(32-33)18-6-10-21(31)11-7-18/h6-13,15-16,26,28H,2-5,14,17H2,1H3/t26-,28+/m1/s1. The summed E-state index contributed by atoms with van der Waals surface area (Å²) < 4.78 is 14.5. The van der Waals surface area contributed by atoms with Crippen molar-refractivity contribution in [3.8, 4) is 11.5 Å². The lowest BCUT2D eigenvalue weighted by Gasteiger charge is -2.38. The largest absolute Gasteiger partial charge is 0.494 e.